The molecule has 0 saturated carbocycles. The first-order valence-electron chi connectivity index (χ1n) is 10.3. The Hall–Kier alpha value is -3.12. The highest BCUT2D eigenvalue weighted by Gasteiger charge is 2.19. The number of aromatic nitrogens is 2. The molecule has 4 rings (SSSR count). The second kappa shape index (κ2) is 8.71. The number of benzene rings is 2. The molecule has 1 aliphatic carbocycles. The van der Waals surface area contributed by atoms with Gasteiger partial charge in [0.25, 0.3) is 0 Å². The van der Waals surface area contributed by atoms with Gasteiger partial charge in [-0.1, -0.05) is 6.07 Å². The summed E-state index contributed by atoms with van der Waals surface area (Å²) < 4.78 is 5.76. The van der Waals surface area contributed by atoms with Crippen molar-refractivity contribution in [1.29, 1.82) is 0 Å². The number of anilines is 3. The van der Waals surface area contributed by atoms with E-state index >= 15 is 0 Å². The van der Waals surface area contributed by atoms with E-state index in [9.17, 15) is 0 Å². The zero-order valence-corrected chi connectivity index (χ0v) is 18.1. The highest BCUT2D eigenvalue weighted by molar-refractivity contribution is 5.74. The molecular formula is C24H29N5O. The number of fused-ring (bicyclic) bond motifs is 3. The van der Waals surface area contributed by atoms with Crippen molar-refractivity contribution in [2.24, 2.45) is 0 Å². The van der Waals surface area contributed by atoms with Crippen LogP contribution in [0.2, 0.25) is 0 Å². The Bertz CT molecular complexity index is 1010. The average molecular weight is 404 g/mol. The monoisotopic (exact) mass is 403 g/mol. The second-order valence-corrected chi connectivity index (χ2v) is 8.10. The molecule has 0 aliphatic heterocycles. The largest absolute Gasteiger partial charge is 0.492 e. The first kappa shape index (κ1) is 20.2. The Morgan fingerprint density at radius 2 is 1.73 bits per heavy atom. The Labute approximate surface area is 178 Å². The predicted octanol–water partition coefficient (Wildman–Crippen LogP) is 3.99. The molecule has 0 spiro atoms. The molecule has 3 aromatic rings. The number of ether oxygens (including phenoxy) is 1. The maximum absolute atomic E-state index is 5.76. The van der Waals surface area contributed by atoms with Crippen molar-refractivity contribution in [3.05, 3.63) is 59.8 Å². The van der Waals surface area contributed by atoms with Crippen LogP contribution in [0.15, 0.2) is 48.7 Å². The van der Waals surface area contributed by atoms with Crippen LogP contribution in [0.1, 0.15) is 11.1 Å². The van der Waals surface area contributed by atoms with Crippen molar-refractivity contribution in [1.82, 2.24) is 14.9 Å². The van der Waals surface area contributed by atoms with Gasteiger partial charge in [-0.3, -0.25) is 0 Å². The minimum absolute atomic E-state index is 0.609. The molecule has 30 heavy (non-hydrogen) atoms. The predicted molar refractivity (Wildman–Crippen MR) is 123 cm³/mol. The van der Waals surface area contributed by atoms with Gasteiger partial charge in [0.2, 0.25) is 5.95 Å². The SMILES string of the molecule is CN(C)CCOc1ccc(Nc2ncc3c(n2)-c2cc(N(C)C)ccc2CC3)cc1. The maximum Gasteiger partial charge on any atom is 0.227 e. The standard InChI is InChI=1S/C24H29N5O/c1-28(2)13-14-30-21-11-8-19(9-12-21)26-24-25-16-18-6-5-17-7-10-20(29(3)4)15-22(17)23(18)27-24/h7-12,15-16H,5-6,13-14H2,1-4H3,(H,25,26,27). The highest BCUT2D eigenvalue weighted by Crippen LogP contribution is 2.35. The Morgan fingerprint density at radius 3 is 2.47 bits per heavy atom. The molecule has 0 amide bonds. The van der Waals surface area contributed by atoms with Crippen molar-refractivity contribution in [2.75, 3.05) is 51.6 Å². The molecule has 0 atom stereocenters. The molecule has 0 fully saturated rings. The smallest absolute Gasteiger partial charge is 0.227 e. The third-order valence-electron chi connectivity index (χ3n) is 5.31. The van der Waals surface area contributed by atoms with Gasteiger partial charge in [-0.05, 0) is 74.5 Å². The minimum atomic E-state index is 0.609. The zero-order valence-electron chi connectivity index (χ0n) is 18.1. The van der Waals surface area contributed by atoms with Crippen molar-refractivity contribution in [2.45, 2.75) is 12.8 Å². The molecule has 1 aromatic heterocycles. The van der Waals surface area contributed by atoms with Crippen LogP contribution < -0.4 is 15.0 Å². The fourth-order valence-corrected chi connectivity index (χ4v) is 3.54. The van der Waals surface area contributed by atoms with Crippen molar-refractivity contribution in [3.63, 3.8) is 0 Å². The van der Waals surface area contributed by atoms with Gasteiger partial charge in [-0.15, -0.1) is 0 Å². The first-order valence-corrected chi connectivity index (χ1v) is 10.3. The Balaban J connectivity index is 1.52. The summed E-state index contributed by atoms with van der Waals surface area (Å²) in [5, 5.41) is 3.33. The van der Waals surface area contributed by atoms with Gasteiger partial charge in [0, 0.05) is 43.8 Å². The first-order chi connectivity index (χ1) is 14.5. The average Bonchev–Trinajstić information content (AvgIpc) is 2.74. The molecule has 0 saturated heterocycles. The lowest BCUT2D eigenvalue weighted by Gasteiger charge is -2.22. The molecule has 6 heteroatoms. The van der Waals surface area contributed by atoms with E-state index in [0.717, 1.165) is 36.5 Å². The summed E-state index contributed by atoms with van der Waals surface area (Å²) in [4.78, 5) is 13.6. The summed E-state index contributed by atoms with van der Waals surface area (Å²) >= 11 is 0. The van der Waals surface area contributed by atoms with E-state index in [4.69, 9.17) is 9.72 Å². The van der Waals surface area contributed by atoms with Gasteiger partial charge in [-0.2, -0.15) is 0 Å². The van der Waals surface area contributed by atoms with Crippen LogP contribution in [-0.2, 0) is 12.8 Å². The number of rotatable bonds is 7. The van der Waals surface area contributed by atoms with Crippen molar-refractivity contribution < 1.29 is 4.74 Å². The maximum atomic E-state index is 5.76. The van der Waals surface area contributed by atoms with Crippen LogP contribution >= 0.6 is 0 Å². The molecule has 6 nitrogen and oxygen atoms in total. The minimum Gasteiger partial charge on any atom is -0.492 e. The molecule has 0 bridgehead atoms. The molecule has 0 radical (unpaired) electrons. The lowest BCUT2D eigenvalue weighted by Crippen LogP contribution is -2.19. The van der Waals surface area contributed by atoms with Crippen LogP contribution in [0, 0.1) is 0 Å². The van der Waals surface area contributed by atoms with Gasteiger partial charge in [0.1, 0.15) is 12.4 Å². The third-order valence-corrected chi connectivity index (χ3v) is 5.31. The van der Waals surface area contributed by atoms with E-state index in [0.29, 0.717) is 12.6 Å². The highest BCUT2D eigenvalue weighted by atomic mass is 16.5. The van der Waals surface area contributed by atoms with E-state index in [1.165, 1.54) is 22.4 Å². The molecule has 0 unspecified atom stereocenters. The van der Waals surface area contributed by atoms with Crippen LogP contribution in [0.25, 0.3) is 11.3 Å². The fraction of sp³-hybridized carbons (Fsp3) is 0.333. The van der Waals surface area contributed by atoms with Crippen LogP contribution in [-0.4, -0.2) is 56.2 Å². The molecular weight excluding hydrogens is 374 g/mol. The zero-order chi connectivity index (χ0) is 21.1. The van der Waals surface area contributed by atoms with Crippen LogP contribution in [0.4, 0.5) is 17.3 Å². The summed E-state index contributed by atoms with van der Waals surface area (Å²) in [7, 11) is 8.20. The van der Waals surface area contributed by atoms with Crippen LogP contribution in [0.5, 0.6) is 5.75 Å². The molecule has 156 valence electrons. The molecule has 1 N–H and O–H groups in total. The molecule has 2 aromatic carbocycles. The number of aryl methyl sites for hydroxylation is 2. The number of nitrogens with one attached hydrogen (secondary N) is 1. The van der Waals surface area contributed by atoms with Gasteiger partial charge in [-0.25, -0.2) is 9.97 Å². The van der Waals surface area contributed by atoms with E-state index in [1.807, 2.05) is 44.6 Å². The van der Waals surface area contributed by atoms with Crippen molar-refractivity contribution in [3.8, 4) is 17.0 Å². The number of hydrogen-bond acceptors (Lipinski definition) is 6. The van der Waals surface area contributed by atoms with Crippen molar-refractivity contribution >= 4 is 17.3 Å². The summed E-state index contributed by atoms with van der Waals surface area (Å²) in [5.41, 5.74) is 6.90. The number of hydrogen-bond donors (Lipinski definition) is 1. The lowest BCUT2D eigenvalue weighted by atomic mass is 9.89. The van der Waals surface area contributed by atoms with Gasteiger partial charge in [0.15, 0.2) is 0 Å². The van der Waals surface area contributed by atoms with Crippen LogP contribution in [0.3, 0.4) is 0 Å². The fourth-order valence-electron chi connectivity index (χ4n) is 3.54. The molecule has 1 heterocycles. The summed E-state index contributed by atoms with van der Waals surface area (Å²) in [5.74, 6) is 1.47. The van der Waals surface area contributed by atoms with Gasteiger partial charge >= 0.3 is 0 Å². The summed E-state index contributed by atoms with van der Waals surface area (Å²) in [6.07, 6.45) is 3.96. The molecule has 1 aliphatic rings. The number of nitrogens with zero attached hydrogens (tertiary/aromatic N) is 4. The van der Waals surface area contributed by atoms with E-state index in [2.05, 4.69) is 52.4 Å². The quantitative estimate of drug-likeness (QED) is 0.644. The second-order valence-electron chi connectivity index (χ2n) is 8.10. The number of likely N-dealkylation sites (N-methyl/N-ethyl adjacent to an activating group) is 1. The van der Waals surface area contributed by atoms with E-state index in [-0.39, 0.29) is 0 Å². The van der Waals surface area contributed by atoms with Gasteiger partial charge < -0.3 is 19.9 Å². The van der Waals surface area contributed by atoms with E-state index < -0.39 is 0 Å². The summed E-state index contributed by atoms with van der Waals surface area (Å²) in [6.45, 7) is 1.56. The summed E-state index contributed by atoms with van der Waals surface area (Å²) in [6, 6.07) is 14.5. The van der Waals surface area contributed by atoms with E-state index in [1.54, 1.807) is 0 Å². The normalized spacial score (nSPS) is 12.3. The third kappa shape index (κ3) is 4.54. The topological polar surface area (TPSA) is 53.5 Å². The van der Waals surface area contributed by atoms with Gasteiger partial charge in [0.05, 0.1) is 5.69 Å². The lowest BCUT2D eigenvalue weighted by molar-refractivity contribution is 0.261. The Kier molecular flexibility index (Phi) is 5.86. The Morgan fingerprint density at radius 1 is 0.967 bits per heavy atom.